The molecule has 4 aromatic carbocycles. The fourth-order valence-electron chi connectivity index (χ4n) is 4.38. The Hall–Kier alpha value is -4.70. The average molecular weight is 440 g/mol. The maximum Gasteiger partial charge on any atom is 0.236 e. The molecule has 0 fully saturated rings. The van der Waals surface area contributed by atoms with Crippen molar-refractivity contribution in [3.05, 3.63) is 121 Å². The SMILES string of the molecule is Oc1c(-c2ccccc2)nc2nc(-c3ccccc3)c(-c3ccccc3)n2c1-c1ccccc1. The molecule has 1 N–H and O–H groups in total. The second-order valence-corrected chi connectivity index (χ2v) is 8.07. The number of fused-ring (bicyclic) bond motifs is 1. The maximum absolute atomic E-state index is 11.6. The van der Waals surface area contributed by atoms with E-state index in [-0.39, 0.29) is 5.75 Å². The minimum atomic E-state index is 0.124. The molecule has 0 unspecified atom stereocenters. The lowest BCUT2D eigenvalue weighted by Gasteiger charge is -2.15. The van der Waals surface area contributed by atoms with Gasteiger partial charge in [-0.05, 0) is 0 Å². The molecule has 6 rings (SSSR count). The van der Waals surface area contributed by atoms with Gasteiger partial charge >= 0.3 is 0 Å². The van der Waals surface area contributed by atoms with Gasteiger partial charge in [-0.25, -0.2) is 9.97 Å². The minimum Gasteiger partial charge on any atom is -0.504 e. The predicted molar refractivity (Wildman–Crippen MR) is 136 cm³/mol. The zero-order valence-electron chi connectivity index (χ0n) is 18.3. The van der Waals surface area contributed by atoms with E-state index in [1.807, 2.05) is 114 Å². The minimum absolute atomic E-state index is 0.124. The van der Waals surface area contributed by atoms with Crippen molar-refractivity contribution < 1.29 is 5.11 Å². The zero-order chi connectivity index (χ0) is 22.9. The van der Waals surface area contributed by atoms with E-state index in [2.05, 4.69) is 12.1 Å². The molecule has 6 aromatic rings. The van der Waals surface area contributed by atoms with Crippen molar-refractivity contribution in [1.82, 2.24) is 14.4 Å². The average Bonchev–Trinajstić information content (AvgIpc) is 3.29. The molecular formula is C30H21N3O. The molecular weight excluding hydrogens is 418 g/mol. The van der Waals surface area contributed by atoms with Crippen molar-refractivity contribution >= 4 is 5.78 Å². The third-order valence-electron chi connectivity index (χ3n) is 5.93. The maximum atomic E-state index is 11.6. The Labute approximate surface area is 197 Å². The normalized spacial score (nSPS) is 11.1. The van der Waals surface area contributed by atoms with Gasteiger partial charge in [-0.1, -0.05) is 121 Å². The van der Waals surface area contributed by atoms with Crippen molar-refractivity contribution in [3.63, 3.8) is 0 Å². The Kier molecular flexibility index (Phi) is 4.89. The van der Waals surface area contributed by atoms with E-state index in [4.69, 9.17) is 9.97 Å². The fourth-order valence-corrected chi connectivity index (χ4v) is 4.38. The van der Waals surface area contributed by atoms with Crippen LogP contribution in [-0.2, 0) is 0 Å². The van der Waals surface area contributed by atoms with E-state index in [0.29, 0.717) is 17.2 Å². The number of aromatic hydroxyl groups is 1. The van der Waals surface area contributed by atoms with E-state index < -0.39 is 0 Å². The number of aromatic nitrogens is 3. The molecule has 4 nitrogen and oxygen atoms in total. The number of hydrogen-bond donors (Lipinski definition) is 1. The van der Waals surface area contributed by atoms with E-state index in [0.717, 1.165) is 33.6 Å². The molecule has 0 spiro atoms. The first-order valence-electron chi connectivity index (χ1n) is 11.2. The van der Waals surface area contributed by atoms with Crippen LogP contribution in [0.1, 0.15) is 0 Å². The Morgan fingerprint density at radius 3 is 1.32 bits per heavy atom. The summed E-state index contributed by atoms with van der Waals surface area (Å²) in [5.41, 5.74) is 6.61. The lowest BCUT2D eigenvalue weighted by molar-refractivity contribution is 0.474. The van der Waals surface area contributed by atoms with Crippen LogP contribution in [0, 0.1) is 0 Å². The van der Waals surface area contributed by atoms with Gasteiger partial charge in [0.1, 0.15) is 11.4 Å². The monoisotopic (exact) mass is 439 g/mol. The fraction of sp³-hybridized carbons (Fsp3) is 0. The molecule has 162 valence electrons. The smallest absolute Gasteiger partial charge is 0.236 e. The second kappa shape index (κ2) is 8.34. The summed E-state index contributed by atoms with van der Waals surface area (Å²) in [4.78, 5) is 9.88. The lowest BCUT2D eigenvalue weighted by atomic mass is 10.0. The summed E-state index contributed by atoms with van der Waals surface area (Å²) in [7, 11) is 0. The number of hydrogen-bond acceptors (Lipinski definition) is 3. The van der Waals surface area contributed by atoms with Crippen LogP contribution in [0.15, 0.2) is 121 Å². The number of rotatable bonds is 4. The molecule has 0 bridgehead atoms. The summed E-state index contributed by atoms with van der Waals surface area (Å²) in [6, 6.07) is 39.9. The van der Waals surface area contributed by atoms with Crippen LogP contribution in [0.5, 0.6) is 5.75 Å². The van der Waals surface area contributed by atoms with Gasteiger partial charge in [0.25, 0.3) is 0 Å². The van der Waals surface area contributed by atoms with Crippen molar-refractivity contribution in [2.45, 2.75) is 0 Å². The summed E-state index contributed by atoms with van der Waals surface area (Å²) in [6.45, 7) is 0. The standard InChI is InChI=1S/C30H21N3O/c34-29-26(22-15-7-2-8-16-22)32-30-31-25(21-13-5-1-6-14-21)27(23-17-9-3-10-18-23)33(30)28(29)24-19-11-4-12-20-24/h1-20,34H. The van der Waals surface area contributed by atoms with Crippen molar-refractivity contribution in [1.29, 1.82) is 0 Å². The van der Waals surface area contributed by atoms with E-state index in [1.165, 1.54) is 0 Å². The summed E-state index contributed by atoms with van der Waals surface area (Å²) >= 11 is 0. The van der Waals surface area contributed by atoms with Crippen LogP contribution in [0.2, 0.25) is 0 Å². The molecule has 0 aliphatic rings. The van der Waals surface area contributed by atoms with Crippen LogP contribution < -0.4 is 0 Å². The van der Waals surface area contributed by atoms with Gasteiger partial charge in [0.05, 0.1) is 11.4 Å². The largest absolute Gasteiger partial charge is 0.504 e. The number of benzene rings is 4. The molecule has 0 radical (unpaired) electrons. The highest BCUT2D eigenvalue weighted by Gasteiger charge is 2.24. The highest BCUT2D eigenvalue weighted by Crippen LogP contribution is 2.42. The second-order valence-electron chi connectivity index (χ2n) is 8.07. The summed E-state index contributed by atoms with van der Waals surface area (Å²) in [5.74, 6) is 0.660. The Balaban J connectivity index is 1.79. The first-order valence-corrected chi connectivity index (χ1v) is 11.2. The van der Waals surface area contributed by atoms with Crippen molar-refractivity contribution in [2.75, 3.05) is 0 Å². The van der Waals surface area contributed by atoms with Gasteiger partial charge in [0, 0.05) is 22.3 Å². The van der Waals surface area contributed by atoms with Crippen LogP contribution in [-0.4, -0.2) is 19.5 Å². The van der Waals surface area contributed by atoms with Crippen LogP contribution in [0.3, 0.4) is 0 Å². The highest BCUT2D eigenvalue weighted by molar-refractivity contribution is 5.87. The number of nitrogens with zero attached hydrogens (tertiary/aromatic N) is 3. The summed E-state index contributed by atoms with van der Waals surface area (Å²) < 4.78 is 1.98. The molecule has 0 saturated carbocycles. The van der Waals surface area contributed by atoms with E-state index in [9.17, 15) is 5.11 Å². The molecule has 2 heterocycles. The predicted octanol–water partition coefficient (Wildman–Crippen LogP) is 7.10. The summed E-state index contributed by atoms with van der Waals surface area (Å²) in [6.07, 6.45) is 0. The lowest BCUT2D eigenvalue weighted by Crippen LogP contribution is -2.00. The summed E-state index contributed by atoms with van der Waals surface area (Å²) in [5, 5.41) is 11.6. The molecule has 4 heteroatoms. The van der Waals surface area contributed by atoms with Gasteiger partial charge in [-0.3, -0.25) is 4.40 Å². The third-order valence-corrected chi connectivity index (χ3v) is 5.93. The van der Waals surface area contributed by atoms with Crippen LogP contribution >= 0.6 is 0 Å². The van der Waals surface area contributed by atoms with Crippen LogP contribution in [0.4, 0.5) is 0 Å². The van der Waals surface area contributed by atoms with Gasteiger partial charge in [-0.15, -0.1) is 0 Å². The van der Waals surface area contributed by atoms with Crippen molar-refractivity contribution in [2.24, 2.45) is 0 Å². The third kappa shape index (κ3) is 3.33. The van der Waals surface area contributed by atoms with Crippen LogP contribution in [0.25, 0.3) is 50.8 Å². The molecule has 0 aliphatic carbocycles. The topological polar surface area (TPSA) is 50.4 Å². The Morgan fingerprint density at radius 1 is 0.441 bits per heavy atom. The molecule has 0 atom stereocenters. The Bertz CT molecular complexity index is 1580. The number of imidazole rings is 1. The molecule has 0 saturated heterocycles. The van der Waals surface area contributed by atoms with Gasteiger partial charge in [0.15, 0.2) is 5.75 Å². The molecule has 0 aliphatic heterocycles. The first-order chi connectivity index (χ1) is 16.8. The Morgan fingerprint density at radius 2 is 0.824 bits per heavy atom. The van der Waals surface area contributed by atoms with Crippen molar-refractivity contribution in [3.8, 4) is 50.8 Å². The first kappa shape index (κ1) is 19.9. The molecule has 0 amide bonds. The highest BCUT2D eigenvalue weighted by atomic mass is 16.3. The van der Waals surface area contributed by atoms with E-state index >= 15 is 0 Å². The van der Waals surface area contributed by atoms with E-state index in [1.54, 1.807) is 0 Å². The quantitative estimate of drug-likeness (QED) is 0.319. The van der Waals surface area contributed by atoms with Gasteiger partial charge in [0.2, 0.25) is 5.78 Å². The zero-order valence-corrected chi connectivity index (χ0v) is 18.3. The molecule has 2 aromatic heterocycles. The molecule has 34 heavy (non-hydrogen) atoms. The van der Waals surface area contributed by atoms with Gasteiger partial charge in [-0.2, -0.15) is 0 Å². The van der Waals surface area contributed by atoms with Gasteiger partial charge < -0.3 is 5.11 Å².